The first-order valence-electron chi connectivity index (χ1n) is 9.43. The third-order valence-corrected chi connectivity index (χ3v) is 5.50. The zero-order valence-corrected chi connectivity index (χ0v) is 16.7. The third kappa shape index (κ3) is 4.02. The standard InChI is InChI=1S/C22H25ClN4/c1-17-6-7-18(2)19(14-17)16-25-10-12-26(13-11-25)22-24-8-9-27(22)21-5-3-4-20(23)15-21/h3-9,14-15H,10-13,16H2,1-2H3. The van der Waals surface area contributed by atoms with Gasteiger partial charge in [0.1, 0.15) is 0 Å². The zero-order valence-electron chi connectivity index (χ0n) is 15.9. The number of rotatable bonds is 4. The number of nitrogens with zero attached hydrogens (tertiary/aromatic N) is 4. The number of hydrogen-bond acceptors (Lipinski definition) is 3. The number of anilines is 1. The topological polar surface area (TPSA) is 24.3 Å². The summed E-state index contributed by atoms with van der Waals surface area (Å²) in [6.45, 7) is 9.41. The van der Waals surface area contributed by atoms with Crippen molar-refractivity contribution >= 4 is 17.5 Å². The molecule has 2 heterocycles. The second-order valence-electron chi connectivity index (χ2n) is 7.27. The summed E-state index contributed by atoms with van der Waals surface area (Å²) in [5.74, 6) is 0.989. The van der Waals surface area contributed by atoms with E-state index in [-0.39, 0.29) is 0 Å². The fourth-order valence-electron chi connectivity index (χ4n) is 3.67. The smallest absolute Gasteiger partial charge is 0.210 e. The van der Waals surface area contributed by atoms with Crippen LogP contribution in [-0.4, -0.2) is 40.6 Å². The largest absolute Gasteiger partial charge is 0.339 e. The molecule has 1 fully saturated rings. The summed E-state index contributed by atoms with van der Waals surface area (Å²) in [4.78, 5) is 9.50. The van der Waals surface area contributed by atoms with E-state index in [2.05, 4.69) is 57.5 Å². The maximum absolute atomic E-state index is 6.17. The number of halogens is 1. The van der Waals surface area contributed by atoms with Crippen molar-refractivity contribution in [1.29, 1.82) is 0 Å². The fourth-order valence-corrected chi connectivity index (χ4v) is 3.86. The van der Waals surface area contributed by atoms with Crippen molar-refractivity contribution < 1.29 is 0 Å². The Morgan fingerprint density at radius 2 is 1.81 bits per heavy atom. The molecule has 1 aliphatic rings. The highest BCUT2D eigenvalue weighted by molar-refractivity contribution is 6.30. The molecule has 0 radical (unpaired) electrons. The second-order valence-corrected chi connectivity index (χ2v) is 7.71. The molecule has 0 aliphatic carbocycles. The van der Waals surface area contributed by atoms with Crippen LogP contribution in [0.1, 0.15) is 16.7 Å². The van der Waals surface area contributed by atoms with Crippen molar-refractivity contribution in [1.82, 2.24) is 14.5 Å². The van der Waals surface area contributed by atoms with Gasteiger partial charge in [-0.05, 0) is 43.2 Å². The van der Waals surface area contributed by atoms with Gasteiger partial charge >= 0.3 is 0 Å². The zero-order chi connectivity index (χ0) is 18.8. The van der Waals surface area contributed by atoms with E-state index in [0.717, 1.165) is 49.4 Å². The van der Waals surface area contributed by atoms with Crippen LogP contribution in [-0.2, 0) is 6.54 Å². The van der Waals surface area contributed by atoms with Crippen LogP contribution in [0.25, 0.3) is 5.69 Å². The lowest BCUT2D eigenvalue weighted by atomic mass is 10.0. The van der Waals surface area contributed by atoms with Gasteiger partial charge in [-0.25, -0.2) is 4.98 Å². The summed E-state index contributed by atoms with van der Waals surface area (Å²) in [5, 5.41) is 0.741. The first kappa shape index (κ1) is 18.1. The Kier molecular flexibility index (Phi) is 5.19. The Bertz CT molecular complexity index is 926. The van der Waals surface area contributed by atoms with Gasteiger partial charge in [0.2, 0.25) is 5.95 Å². The molecule has 0 saturated carbocycles. The van der Waals surface area contributed by atoms with Crippen LogP contribution in [0.5, 0.6) is 0 Å². The van der Waals surface area contributed by atoms with E-state index in [1.807, 2.05) is 30.6 Å². The van der Waals surface area contributed by atoms with Crippen molar-refractivity contribution in [3.63, 3.8) is 0 Å². The minimum Gasteiger partial charge on any atom is -0.339 e. The molecule has 0 amide bonds. The lowest BCUT2D eigenvalue weighted by Gasteiger charge is -2.35. The van der Waals surface area contributed by atoms with Crippen molar-refractivity contribution in [2.24, 2.45) is 0 Å². The molecule has 5 heteroatoms. The molecule has 1 aromatic heterocycles. The van der Waals surface area contributed by atoms with Crippen molar-refractivity contribution in [3.8, 4) is 5.69 Å². The molecule has 0 atom stereocenters. The van der Waals surface area contributed by atoms with Gasteiger partial charge in [0.25, 0.3) is 0 Å². The van der Waals surface area contributed by atoms with E-state index >= 15 is 0 Å². The van der Waals surface area contributed by atoms with Gasteiger partial charge < -0.3 is 4.90 Å². The predicted octanol–water partition coefficient (Wildman–Crippen LogP) is 4.46. The maximum Gasteiger partial charge on any atom is 0.210 e. The summed E-state index contributed by atoms with van der Waals surface area (Å²) >= 11 is 6.17. The number of piperazine rings is 1. The molecule has 140 valence electrons. The summed E-state index contributed by atoms with van der Waals surface area (Å²) in [7, 11) is 0. The van der Waals surface area contributed by atoms with E-state index in [1.54, 1.807) is 0 Å². The van der Waals surface area contributed by atoms with Gasteiger partial charge in [0.05, 0.1) is 0 Å². The van der Waals surface area contributed by atoms with Gasteiger partial charge in [-0.15, -0.1) is 0 Å². The summed E-state index contributed by atoms with van der Waals surface area (Å²) < 4.78 is 2.12. The Balaban J connectivity index is 1.44. The Morgan fingerprint density at radius 1 is 1.00 bits per heavy atom. The third-order valence-electron chi connectivity index (χ3n) is 5.26. The summed E-state index contributed by atoms with van der Waals surface area (Å²) in [6, 6.07) is 14.6. The van der Waals surface area contributed by atoms with E-state index in [4.69, 9.17) is 11.6 Å². The molecule has 27 heavy (non-hydrogen) atoms. The van der Waals surface area contributed by atoms with Crippen LogP contribution in [0, 0.1) is 13.8 Å². The quantitative estimate of drug-likeness (QED) is 0.667. The SMILES string of the molecule is Cc1ccc(C)c(CN2CCN(c3nccn3-c3cccc(Cl)c3)CC2)c1. The van der Waals surface area contributed by atoms with Crippen molar-refractivity contribution in [2.45, 2.75) is 20.4 Å². The maximum atomic E-state index is 6.17. The predicted molar refractivity (Wildman–Crippen MR) is 112 cm³/mol. The van der Waals surface area contributed by atoms with Crippen LogP contribution in [0.4, 0.5) is 5.95 Å². The first-order valence-corrected chi connectivity index (χ1v) is 9.81. The van der Waals surface area contributed by atoms with E-state index in [9.17, 15) is 0 Å². The number of aryl methyl sites for hydroxylation is 2. The van der Waals surface area contributed by atoms with Crippen molar-refractivity contribution in [3.05, 3.63) is 76.6 Å². The van der Waals surface area contributed by atoms with Gasteiger partial charge in [-0.3, -0.25) is 9.47 Å². The molecular weight excluding hydrogens is 356 g/mol. The molecule has 4 rings (SSSR count). The van der Waals surface area contributed by atoms with E-state index in [0.29, 0.717) is 0 Å². The molecule has 2 aromatic carbocycles. The van der Waals surface area contributed by atoms with Crippen molar-refractivity contribution in [2.75, 3.05) is 31.1 Å². The average Bonchev–Trinajstić information content (AvgIpc) is 3.15. The number of benzene rings is 2. The molecule has 0 bridgehead atoms. The second kappa shape index (κ2) is 7.75. The first-order chi connectivity index (χ1) is 13.1. The highest BCUT2D eigenvalue weighted by Crippen LogP contribution is 2.22. The Morgan fingerprint density at radius 3 is 2.59 bits per heavy atom. The molecule has 1 aliphatic heterocycles. The highest BCUT2D eigenvalue weighted by atomic mass is 35.5. The number of imidazole rings is 1. The Labute approximate surface area is 166 Å². The fraction of sp³-hybridized carbons (Fsp3) is 0.318. The number of aromatic nitrogens is 2. The molecule has 4 nitrogen and oxygen atoms in total. The lowest BCUT2D eigenvalue weighted by Crippen LogP contribution is -2.46. The van der Waals surface area contributed by atoms with Crippen LogP contribution >= 0.6 is 11.6 Å². The average molecular weight is 381 g/mol. The molecule has 0 unspecified atom stereocenters. The van der Waals surface area contributed by atoms with Gasteiger partial charge in [0, 0.05) is 55.8 Å². The monoisotopic (exact) mass is 380 g/mol. The molecule has 1 saturated heterocycles. The van der Waals surface area contributed by atoms with Gasteiger partial charge in [-0.2, -0.15) is 0 Å². The number of hydrogen-bond donors (Lipinski definition) is 0. The normalized spacial score (nSPS) is 15.3. The highest BCUT2D eigenvalue weighted by Gasteiger charge is 2.21. The molecular formula is C22H25ClN4. The van der Waals surface area contributed by atoms with E-state index < -0.39 is 0 Å². The van der Waals surface area contributed by atoms with Crippen LogP contribution in [0.2, 0.25) is 5.02 Å². The summed E-state index contributed by atoms with van der Waals surface area (Å²) in [5.41, 5.74) is 5.19. The van der Waals surface area contributed by atoms with Gasteiger partial charge in [-0.1, -0.05) is 41.4 Å². The minimum absolute atomic E-state index is 0.741. The minimum atomic E-state index is 0.741. The van der Waals surface area contributed by atoms with Gasteiger partial charge in [0.15, 0.2) is 0 Å². The Hall–Kier alpha value is -2.30. The molecule has 0 spiro atoms. The van der Waals surface area contributed by atoms with Crippen LogP contribution in [0.3, 0.4) is 0 Å². The molecule has 3 aromatic rings. The van der Waals surface area contributed by atoms with E-state index in [1.165, 1.54) is 16.7 Å². The summed E-state index contributed by atoms with van der Waals surface area (Å²) in [6.07, 6.45) is 3.86. The van der Waals surface area contributed by atoms with Crippen LogP contribution < -0.4 is 4.90 Å². The van der Waals surface area contributed by atoms with Crippen LogP contribution in [0.15, 0.2) is 54.9 Å². The molecule has 0 N–H and O–H groups in total. The lowest BCUT2D eigenvalue weighted by molar-refractivity contribution is 0.248.